The van der Waals surface area contributed by atoms with Gasteiger partial charge in [-0.1, -0.05) is 0 Å². The number of aliphatic carboxylic acids is 1. The zero-order valence-electron chi connectivity index (χ0n) is 38.9. The van der Waals surface area contributed by atoms with E-state index in [4.69, 9.17) is 52.1 Å². The van der Waals surface area contributed by atoms with E-state index in [1.807, 2.05) is 0 Å². The molecular formula is C40H67NO33. The normalized spacial score (nSPS) is 49.7. The van der Waals surface area contributed by atoms with E-state index in [1.54, 1.807) is 0 Å². The Hall–Kier alpha value is -2.26. The van der Waals surface area contributed by atoms with E-state index in [-0.39, 0.29) is 0 Å². The molecular weight excluding hydrogens is 1020 g/mol. The molecule has 0 saturated carbocycles. The average molecular weight is 1090 g/mol. The van der Waals surface area contributed by atoms with Crippen molar-refractivity contribution in [2.75, 3.05) is 39.6 Å². The Morgan fingerprint density at radius 1 is 0.500 bits per heavy atom. The van der Waals surface area contributed by atoms with Gasteiger partial charge in [0, 0.05) is 13.3 Å². The first-order chi connectivity index (χ1) is 34.9. The molecule has 74 heavy (non-hydrogen) atoms. The van der Waals surface area contributed by atoms with Crippen LogP contribution in [-0.4, -0.2) is 337 Å². The van der Waals surface area contributed by atoms with E-state index in [2.05, 4.69) is 5.32 Å². The molecule has 0 aromatic carbocycles. The summed E-state index contributed by atoms with van der Waals surface area (Å²) in [5.74, 6) is -6.11. The minimum absolute atomic E-state index is 0.861. The standard InChI is InChI=1S/C40H67NO33/c1-9(48)41-17-22(55)18(51)12(4-43)64-34(17)73-33-31(71-35-25(58)23(56)19(52)13(5-44)65-35)21(54)15(7-46)67-38(33)70-30-16(8-47)68-37(32(27(30)60)72-36-26(59)24(57)20(53)14(6-45)66-36)69-28-10(49)2-40(63,39(61)62)74-29(28)11(50)3-42/h10-38,42-47,49-60,63H,2-8H2,1H3,(H,41,48)(H,61,62)/t10-,11-,12-,13-,14-,15-,16-,17-,18+,19-,20-,21-,22-,23+,24+,25-,26-,27+,28-,29-,30-,31+,32+,33+,34-,35-,36+,37-,38+,40-/m1/s1. The van der Waals surface area contributed by atoms with Gasteiger partial charge in [0.25, 0.3) is 5.79 Å². The van der Waals surface area contributed by atoms with E-state index in [0.717, 1.165) is 6.92 Å². The smallest absolute Gasteiger partial charge is 0.364 e. The van der Waals surface area contributed by atoms with Crippen LogP contribution in [0.5, 0.6) is 0 Å². The van der Waals surface area contributed by atoms with Gasteiger partial charge in [0.05, 0.1) is 45.7 Å². The molecule has 1 amide bonds. The molecule has 6 saturated heterocycles. The van der Waals surface area contributed by atoms with E-state index >= 15 is 0 Å². The van der Waals surface area contributed by atoms with Gasteiger partial charge >= 0.3 is 5.97 Å². The van der Waals surface area contributed by atoms with Gasteiger partial charge in [0.15, 0.2) is 31.5 Å². The summed E-state index contributed by atoms with van der Waals surface area (Å²) in [6.45, 7) is -5.60. The van der Waals surface area contributed by atoms with Crippen LogP contribution in [0.1, 0.15) is 13.3 Å². The van der Waals surface area contributed by atoms with Gasteiger partial charge in [-0.15, -0.1) is 0 Å². The van der Waals surface area contributed by atoms with Crippen LogP contribution in [0.2, 0.25) is 0 Å². The minimum atomic E-state index is -3.20. The van der Waals surface area contributed by atoms with Gasteiger partial charge in [-0.05, 0) is 0 Å². The fourth-order valence-electron chi connectivity index (χ4n) is 9.30. The molecule has 6 aliphatic rings. The number of carbonyl (C=O) groups excluding carboxylic acids is 1. The maximum absolute atomic E-state index is 12.4. The van der Waals surface area contributed by atoms with Crippen molar-refractivity contribution in [3.8, 4) is 0 Å². The third kappa shape index (κ3) is 12.6. The van der Waals surface area contributed by atoms with Gasteiger partial charge in [0.2, 0.25) is 5.91 Å². The lowest BCUT2D eigenvalue weighted by Crippen LogP contribution is -2.70. The Kier molecular flexibility index (Phi) is 21.2. The molecule has 0 unspecified atom stereocenters. The number of rotatable bonds is 19. The molecule has 0 spiro atoms. The number of nitrogens with one attached hydrogen (secondary N) is 1. The molecule has 6 fully saturated rings. The lowest BCUT2D eigenvalue weighted by Gasteiger charge is -2.52. The number of amides is 1. The van der Waals surface area contributed by atoms with Crippen molar-refractivity contribution in [1.82, 2.24) is 5.32 Å². The monoisotopic (exact) mass is 1090 g/mol. The van der Waals surface area contributed by atoms with Crippen molar-refractivity contribution in [3.63, 3.8) is 0 Å². The third-order valence-electron chi connectivity index (χ3n) is 13.4. The maximum atomic E-state index is 12.4. The molecule has 0 radical (unpaired) electrons. The molecule has 6 heterocycles. The SMILES string of the molecule is CC(=O)N[C@H]1[C@@H](O[C@@H]2[C@H](O[C@H]3[C@H](O)[C@H](O[C@@H]4O[C@H](CO)[C@@H](O)[C@H](O)[C@H]4O)[C@@H](O[C@H]4[C@@H]([C@H](O)CO)O[C@@](O)(C(=O)O)C[C@H]4O)O[C@@H]3CO)O[C@H](CO)[C@@H](O)[C@@H]2O[C@H]2O[C@H](CO)[C@@H](O)[C@H](O)[C@H]2O)O[C@H](CO)[C@H](O)[C@@H]1O. The minimum Gasteiger partial charge on any atom is -0.477 e. The summed E-state index contributed by atoms with van der Waals surface area (Å²) in [6.07, 6.45) is -59.4. The first-order valence-electron chi connectivity index (χ1n) is 23.2. The van der Waals surface area contributed by atoms with Crippen molar-refractivity contribution in [3.05, 3.63) is 0 Å². The highest BCUT2D eigenvalue weighted by Crippen LogP contribution is 2.40. The summed E-state index contributed by atoms with van der Waals surface area (Å²) in [5, 5.41) is 216. The van der Waals surface area contributed by atoms with Gasteiger partial charge in [-0.25, -0.2) is 4.79 Å². The van der Waals surface area contributed by atoms with Crippen LogP contribution in [0, 0.1) is 0 Å². The number of aliphatic hydroxyl groups excluding tert-OH is 18. The van der Waals surface area contributed by atoms with Crippen LogP contribution in [0.3, 0.4) is 0 Å². The highest BCUT2D eigenvalue weighted by Gasteiger charge is 2.60. The van der Waals surface area contributed by atoms with Crippen molar-refractivity contribution >= 4 is 11.9 Å². The zero-order valence-corrected chi connectivity index (χ0v) is 38.9. The average Bonchev–Trinajstić information content (AvgIpc) is 3.37. The van der Waals surface area contributed by atoms with Crippen molar-refractivity contribution in [1.29, 1.82) is 0 Å². The Bertz CT molecular complexity index is 1790. The molecule has 34 nitrogen and oxygen atoms in total. The van der Waals surface area contributed by atoms with Crippen LogP contribution in [0.15, 0.2) is 0 Å². The predicted octanol–water partition coefficient (Wildman–Crippen LogP) is -14.1. The molecule has 6 aliphatic heterocycles. The third-order valence-corrected chi connectivity index (χ3v) is 13.4. The van der Waals surface area contributed by atoms with Gasteiger partial charge in [-0.3, -0.25) is 4.79 Å². The lowest BCUT2D eigenvalue weighted by atomic mass is 9.92. The molecule has 30 atom stereocenters. The van der Waals surface area contributed by atoms with Crippen LogP contribution in [0.25, 0.3) is 0 Å². The summed E-state index contributed by atoms with van der Waals surface area (Å²) in [5.41, 5.74) is 0. The number of hydrogen-bond acceptors (Lipinski definition) is 32. The van der Waals surface area contributed by atoms with Gasteiger partial charge in [0.1, 0.15) is 140 Å². The first-order valence-corrected chi connectivity index (χ1v) is 23.2. The largest absolute Gasteiger partial charge is 0.477 e. The number of hydrogen-bond donors (Lipinski definition) is 21. The van der Waals surface area contributed by atoms with Gasteiger partial charge in [-0.2, -0.15) is 0 Å². The Morgan fingerprint density at radius 2 is 0.905 bits per heavy atom. The molecule has 6 rings (SSSR count). The molecule has 0 bridgehead atoms. The second-order valence-electron chi connectivity index (χ2n) is 18.5. The van der Waals surface area contributed by atoms with Crippen molar-refractivity contribution < 1.29 is 164 Å². The molecule has 34 heteroatoms. The molecule has 0 aliphatic carbocycles. The van der Waals surface area contributed by atoms with Crippen LogP contribution >= 0.6 is 0 Å². The predicted molar refractivity (Wildman–Crippen MR) is 222 cm³/mol. The fraction of sp³-hybridized carbons (Fsp3) is 0.950. The Morgan fingerprint density at radius 3 is 1.39 bits per heavy atom. The van der Waals surface area contributed by atoms with Crippen LogP contribution in [0.4, 0.5) is 0 Å². The number of carboxylic acid groups (broad SMARTS) is 1. The Balaban J connectivity index is 1.42. The quantitative estimate of drug-likeness (QED) is 0.0571. The summed E-state index contributed by atoms with van der Waals surface area (Å²) < 4.78 is 63.8. The van der Waals surface area contributed by atoms with Crippen molar-refractivity contribution in [2.45, 2.75) is 197 Å². The fourth-order valence-corrected chi connectivity index (χ4v) is 9.30. The lowest BCUT2D eigenvalue weighted by molar-refractivity contribution is -0.415. The number of carbonyl (C=O) groups is 2. The topological polar surface area (TPSA) is 552 Å². The molecule has 21 N–H and O–H groups in total. The Labute approximate surface area is 417 Å². The van der Waals surface area contributed by atoms with Crippen LogP contribution in [-0.2, 0) is 61.7 Å². The second kappa shape index (κ2) is 25.7. The van der Waals surface area contributed by atoms with E-state index < -0.39 is 242 Å². The van der Waals surface area contributed by atoms with E-state index in [9.17, 15) is 112 Å². The highest BCUT2D eigenvalue weighted by molar-refractivity contribution is 5.75. The number of aliphatic hydroxyl groups is 19. The zero-order chi connectivity index (χ0) is 54.8. The second-order valence-corrected chi connectivity index (χ2v) is 18.5. The summed E-state index contributed by atoms with van der Waals surface area (Å²) in [7, 11) is 0. The summed E-state index contributed by atoms with van der Waals surface area (Å²) in [6, 6.07) is -1.78. The maximum Gasteiger partial charge on any atom is 0.364 e. The van der Waals surface area contributed by atoms with Gasteiger partial charge < -0.3 is 160 Å². The molecule has 0 aromatic heterocycles. The number of carboxylic acids is 1. The van der Waals surface area contributed by atoms with E-state index in [0.29, 0.717) is 0 Å². The van der Waals surface area contributed by atoms with E-state index in [1.165, 1.54) is 0 Å². The summed E-state index contributed by atoms with van der Waals surface area (Å²) in [4.78, 5) is 24.4. The first kappa shape index (κ1) is 61.0. The molecule has 0 aromatic rings. The van der Waals surface area contributed by atoms with Crippen molar-refractivity contribution in [2.24, 2.45) is 0 Å². The molecule has 430 valence electrons. The summed E-state index contributed by atoms with van der Waals surface area (Å²) >= 11 is 0. The highest BCUT2D eigenvalue weighted by atomic mass is 16.8. The number of ether oxygens (including phenoxy) is 11. The van der Waals surface area contributed by atoms with Crippen LogP contribution < -0.4 is 5.32 Å².